The highest BCUT2D eigenvalue weighted by Crippen LogP contribution is 2.33. The molecule has 0 amide bonds. The van der Waals surface area contributed by atoms with Gasteiger partial charge in [0.2, 0.25) is 11.7 Å². The normalized spacial score (nSPS) is 25.5. The summed E-state index contributed by atoms with van der Waals surface area (Å²) >= 11 is 0. The Bertz CT molecular complexity index is 1220. The van der Waals surface area contributed by atoms with E-state index < -0.39 is 42.1 Å². The number of carbonyl (C=O) groups is 1. The van der Waals surface area contributed by atoms with Crippen molar-refractivity contribution in [2.75, 3.05) is 0 Å². The molecule has 3 aromatic rings. The zero-order valence-electron chi connectivity index (χ0n) is 16.2. The molecule has 11 heteroatoms. The lowest BCUT2D eigenvalue weighted by Gasteiger charge is -2.38. The van der Waals surface area contributed by atoms with E-state index in [9.17, 15) is 40.2 Å². The van der Waals surface area contributed by atoms with E-state index in [2.05, 4.69) is 0 Å². The van der Waals surface area contributed by atoms with E-state index in [0.29, 0.717) is 5.56 Å². The number of phenolic OH excluding ortho intramolecular Hbond substituents is 2. The Hall–Kier alpha value is -3.64. The molecule has 0 radical (unpaired) electrons. The Morgan fingerprint density at radius 1 is 0.938 bits per heavy atom. The molecule has 4 rings (SSSR count). The summed E-state index contributed by atoms with van der Waals surface area (Å²) in [5, 5.41) is 58.5. The summed E-state index contributed by atoms with van der Waals surface area (Å²) in [5.41, 5.74) is -0.159. The van der Waals surface area contributed by atoms with Crippen molar-refractivity contribution in [2.45, 2.75) is 30.7 Å². The first-order chi connectivity index (χ1) is 15.2. The van der Waals surface area contributed by atoms with Crippen LogP contribution in [0.1, 0.15) is 0 Å². The number of fused-ring (bicyclic) bond motifs is 1. The number of carboxylic acids is 1. The van der Waals surface area contributed by atoms with Gasteiger partial charge in [-0.2, -0.15) is 0 Å². The SMILES string of the molecule is O=C(O)[C@H]1OC(Oc2cc(O)cc3occ(-c4ccc(O)cc4)c(=O)c23)[C@H](O)[C@@H](O)[C@@H]1O. The number of aliphatic carboxylic acids is 1. The van der Waals surface area contributed by atoms with Crippen molar-refractivity contribution in [2.24, 2.45) is 0 Å². The van der Waals surface area contributed by atoms with Crippen LogP contribution in [0.3, 0.4) is 0 Å². The van der Waals surface area contributed by atoms with Gasteiger partial charge in [-0.25, -0.2) is 4.79 Å². The van der Waals surface area contributed by atoms with Gasteiger partial charge in [-0.1, -0.05) is 12.1 Å². The van der Waals surface area contributed by atoms with Crippen LogP contribution in [-0.4, -0.2) is 67.3 Å². The first-order valence-electron chi connectivity index (χ1n) is 9.34. The zero-order valence-corrected chi connectivity index (χ0v) is 16.2. The third kappa shape index (κ3) is 3.74. The Morgan fingerprint density at radius 3 is 2.28 bits per heavy atom. The molecule has 0 aliphatic carbocycles. The molecule has 1 saturated heterocycles. The van der Waals surface area contributed by atoms with Gasteiger partial charge >= 0.3 is 5.97 Å². The standard InChI is InChI=1S/C21H18O11/c22-9-3-1-8(2-4-9)11-7-30-12-5-10(23)6-13(14(12)15(11)24)31-21-18(27)16(25)17(26)19(32-21)20(28)29/h1-7,16-19,21-23,25-27H,(H,28,29)/t16-,17-,18+,19-,21?/m0/s1. The first-order valence-corrected chi connectivity index (χ1v) is 9.34. The smallest absolute Gasteiger partial charge is 0.335 e. The van der Waals surface area contributed by atoms with E-state index in [4.69, 9.17) is 13.9 Å². The summed E-state index contributed by atoms with van der Waals surface area (Å²) < 4.78 is 16.0. The second-order valence-corrected chi connectivity index (χ2v) is 7.20. The molecule has 1 aliphatic heterocycles. The minimum atomic E-state index is -1.92. The van der Waals surface area contributed by atoms with Crippen LogP contribution in [0, 0.1) is 0 Å². The number of aliphatic hydroxyl groups is 3. The highest BCUT2D eigenvalue weighted by molar-refractivity contribution is 5.88. The third-order valence-corrected chi connectivity index (χ3v) is 5.06. The summed E-state index contributed by atoms with van der Waals surface area (Å²) in [6.45, 7) is 0. The summed E-state index contributed by atoms with van der Waals surface area (Å²) in [6.07, 6.45) is -8.25. The predicted molar refractivity (Wildman–Crippen MR) is 106 cm³/mol. The van der Waals surface area contributed by atoms with E-state index in [-0.39, 0.29) is 33.8 Å². The topological polar surface area (TPSA) is 187 Å². The molecule has 32 heavy (non-hydrogen) atoms. The van der Waals surface area contributed by atoms with Gasteiger partial charge < -0.3 is 44.5 Å². The van der Waals surface area contributed by atoms with Crippen LogP contribution in [0.4, 0.5) is 0 Å². The number of rotatable bonds is 4. The largest absolute Gasteiger partial charge is 0.508 e. The fourth-order valence-electron chi connectivity index (χ4n) is 3.41. The highest BCUT2D eigenvalue weighted by Gasteiger charge is 2.48. The second-order valence-electron chi connectivity index (χ2n) is 7.20. The summed E-state index contributed by atoms with van der Waals surface area (Å²) in [7, 11) is 0. The number of aromatic hydroxyl groups is 2. The van der Waals surface area contributed by atoms with Crippen LogP contribution in [0.5, 0.6) is 17.2 Å². The number of phenols is 2. The lowest BCUT2D eigenvalue weighted by Crippen LogP contribution is -2.61. The average molecular weight is 446 g/mol. The number of benzene rings is 2. The van der Waals surface area contributed by atoms with Crippen molar-refractivity contribution in [3.63, 3.8) is 0 Å². The summed E-state index contributed by atoms with van der Waals surface area (Å²) in [4.78, 5) is 24.5. The van der Waals surface area contributed by atoms with Crippen molar-refractivity contribution >= 4 is 16.9 Å². The minimum Gasteiger partial charge on any atom is -0.508 e. The number of carboxylic acid groups (broad SMARTS) is 1. The Balaban J connectivity index is 1.80. The molecule has 0 bridgehead atoms. The molecule has 2 heterocycles. The van der Waals surface area contributed by atoms with Gasteiger partial charge in [-0.3, -0.25) is 4.79 Å². The monoisotopic (exact) mass is 446 g/mol. The molecule has 1 unspecified atom stereocenters. The van der Waals surface area contributed by atoms with Crippen molar-refractivity contribution < 1.29 is 49.3 Å². The van der Waals surface area contributed by atoms with E-state index in [1.807, 2.05) is 0 Å². The molecule has 1 fully saturated rings. The Morgan fingerprint density at radius 2 is 1.62 bits per heavy atom. The van der Waals surface area contributed by atoms with Crippen molar-refractivity contribution in [1.82, 2.24) is 0 Å². The predicted octanol–water partition coefficient (Wildman–Crippen LogP) is 0.142. The van der Waals surface area contributed by atoms with Crippen molar-refractivity contribution in [1.29, 1.82) is 0 Å². The van der Waals surface area contributed by atoms with Crippen LogP contribution in [-0.2, 0) is 9.53 Å². The summed E-state index contributed by atoms with van der Waals surface area (Å²) in [5.74, 6) is -2.29. The fraction of sp³-hybridized carbons (Fsp3) is 0.238. The molecule has 11 nitrogen and oxygen atoms in total. The maximum atomic E-state index is 13.2. The van der Waals surface area contributed by atoms with Gasteiger partial charge in [-0.05, 0) is 17.7 Å². The molecular formula is C21H18O11. The van der Waals surface area contributed by atoms with Crippen molar-refractivity contribution in [3.05, 3.63) is 52.9 Å². The van der Waals surface area contributed by atoms with Crippen LogP contribution >= 0.6 is 0 Å². The van der Waals surface area contributed by atoms with Crippen LogP contribution in [0.15, 0.2) is 51.9 Å². The molecular weight excluding hydrogens is 428 g/mol. The van der Waals surface area contributed by atoms with E-state index in [1.165, 1.54) is 24.3 Å². The fourth-order valence-corrected chi connectivity index (χ4v) is 3.41. The average Bonchev–Trinajstić information content (AvgIpc) is 2.74. The van der Waals surface area contributed by atoms with Gasteiger partial charge in [0.05, 0.1) is 5.56 Å². The molecule has 1 aliphatic rings. The molecule has 168 valence electrons. The lowest BCUT2D eigenvalue weighted by molar-refractivity contribution is -0.270. The second kappa shape index (κ2) is 8.13. The number of hydrogen-bond donors (Lipinski definition) is 6. The molecule has 5 atom stereocenters. The molecule has 0 spiro atoms. The van der Waals surface area contributed by atoms with Gasteiger partial charge in [0, 0.05) is 12.1 Å². The van der Waals surface area contributed by atoms with E-state index in [1.54, 1.807) is 0 Å². The van der Waals surface area contributed by atoms with E-state index >= 15 is 0 Å². The Kier molecular flexibility index (Phi) is 5.48. The van der Waals surface area contributed by atoms with Gasteiger partial charge in [0.25, 0.3) is 0 Å². The number of hydrogen-bond acceptors (Lipinski definition) is 10. The maximum Gasteiger partial charge on any atom is 0.335 e. The van der Waals surface area contributed by atoms with Crippen LogP contribution in [0.2, 0.25) is 0 Å². The van der Waals surface area contributed by atoms with Crippen LogP contribution in [0.25, 0.3) is 22.1 Å². The van der Waals surface area contributed by atoms with Gasteiger partial charge in [-0.15, -0.1) is 0 Å². The first kappa shape index (κ1) is 21.6. The number of aliphatic hydroxyl groups excluding tert-OH is 3. The van der Waals surface area contributed by atoms with Crippen LogP contribution < -0.4 is 10.2 Å². The number of ether oxygens (including phenoxy) is 2. The molecule has 1 aromatic heterocycles. The van der Waals surface area contributed by atoms with Gasteiger partial charge in [0.1, 0.15) is 52.8 Å². The highest BCUT2D eigenvalue weighted by atomic mass is 16.7. The Labute approximate surface area is 178 Å². The molecule has 0 saturated carbocycles. The van der Waals surface area contributed by atoms with Gasteiger partial charge in [0.15, 0.2) is 6.10 Å². The quantitative estimate of drug-likeness (QED) is 0.320. The molecule has 2 aromatic carbocycles. The third-order valence-electron chi connectivity index (χ3n) is 5.06. The molecule has 6 N–H and O–H groups in total. The summed E-state index contributed by atoms with van der Waals surface area (Å²) in [6, 6.07) is 7.90. The van der Waals surface area contributed by atoms with E-state index in [0.717, 1.165) is 18.4 Å². The minimum absolute atomic E-state index is 0.00923. The zero-order chi connectivity index (χ0) is 23.2. The maximum absolute atomic E-state index is 13.2. The lowest BCUT2D eigenvalue weighted by atomic mass is 9.99. The van der Waals surface area contributed by atoms with Crippen molar-refractivity contribution in [3.8, 4) is 28.4 Å².